The van der Waals surface area contributed by atoms with Crippen LogP contribution in [0.1, 0.15) is 45.6 Å². The van der Waals surface area contributed by atoms with E-state index in [9.17, 15) is 15.0 Å². The van der Waals surface area contributed by atoms with Gasteiger partial charge in [0.05, 0.1) is 12.9 Å². The van der Waals surface area contributed by atoms with Gasteiger partial charge in [-0.25, -0.2) is 15.0 Å². The Morgan fingerprint density at radius 2 is 1.97 bits per heavy atom. The summed E-state index contributed by atoms with van der Waals surface area (Å²) < 4.78 is 7.15. The van der Waals surface area contributed by atoms with E-state index < -0.39 is 17.9 Å². The van der Waals surface area contributed by atoms with Crippen molar-refractivity contribution in [3.8, 4) is 0 Å². The summed E-state index contributed by atoms with van der Waals surface area (Å²) in [5.74, 6) is 0.187. The van der Waals surface area contributed by atoms with E-state index in [-0.39, 0.29) is 23.7 Å². The number of nitrogens with two attached hydrogens (primary N) is 1. The normalized spacial score (nSPS) is 22.1. The van der Waals surface area contributed by atoms with Crippen molar-refractivity contribution in [3.05, 3.63) is 42.5 Å². The molecule has 1 aromatic carbocycles. The van der Waals surface area contributed by atoms with E-state index in [0.29, 0.717) is 24.1 Å². The van der Waals surface area contributed by atoms with Crippen LogP contribution in [0.15, 0.2) is 36.9 Å². The van der Waals surface area contributed by atoms with Crippen molar-refractivity contribution >= 4 is 28.6 Å². The number of aliphatic hydroxyl groups excluding tert-OH is 1. The molecule has 3 unspecified atom stereocenters. The lowest BCUT2D eigenvalue weighted by Gasteiger charge is -2.29. The monoisotopic (exact) mass is 511 g/mol. The summed E-state index contributed by atoms with van der Waals surface area (Å²) in [7, 11) is 1.92. The molecule has 37 heavy (non-hydrogen) atoms. The fourth-order valence-electron chi connectivity index (χ4n) is 4.55. The number of rotatable bonds is 9. The van der Waals surface area contributed by atoms with Crippen LogP contribution in [0, 0.1) is 0 Å². The zero-order chi connectivity index (χ0) is 26.8. The van der Waals surface area contributed by atoms with Gasteiger partial charge in [0.25, 0.3) is 0 Å². The molecule has 3 aromatic rings. The van der Waals surface area contributed by atoms with Crippen LogP contribution in [-0.2, 0) is 20.7 Å². The first kappa shape index (κ1) is 26.9. The molecule has 1 amide bonds. The van der Waals surface area contributed by atoms with Crippen molar-refractivity contribution in [1.29, 1.82) is 0 Å². The van der Waals surface area contributed by atoms with Gasteiger partial charge in [-0.15, -0.1) is 0 Å². The van der Waals surface area contributed by atoms with Gasteiger partial charge in [-0.2, -0.15) is 0 Å². The highest BCUT2D eigenvalue weighted by Gasteiger charge is 2.50. The molecule has 4 rings (SSSR count). The first-order valence-electron chi connectivity index (χ1n) is 12.5. The lowest BCUT2D eigenvalue weighted by molar-refractivity contribution is -0.116. The molecule has 3 atom stereocenters. The van der Waals surface area contributed by atoms with E-state index in [2.05, 4.69) is 41.0 Å². The highest BCUT2D eigenvalue weighted by molar-refractivity contribution is 5.90. The second kappa shape index (κ2) is 10.7. The molecule has 11 heteroatoms. The topological polar surface area (TPSA) is 152 Å². The number of aromatic nitrogens is 4. The van der Waals surface area contributed by atoms with Crippen LogP contribution in [0.25, 0.3) is 11.2 Å². The number of imidazole rings is 1. The molecule has 11 nitrogen and oxygen atoms in total. The van der Waals surface area contributed by atoms with Crippen molar-refractivity contribution in [1.82, 2.24) is 24.4 Å². The minimum absolute atomic E-state index is 0.0113. The van der Waals surface area contributed by atoms with Crippen LogP contribution in [0.3, 0.4) is 0 Å². The number of carbonyl (C=O) groups excluding carboxylic acids is 1. The summed E-state index contributed by atoms with van der Waals surface area (Å²) >= 11 is 0. The van der Waals surface area contributed by atoms with E-state index in [4.69, 9.17) is 10.5 Å². The molecule has 0 radical (unpaired) electrons. The lowest BCUT2D eigenvalue weighted by Crippen LogP contribution is -2.48. The smallest absolute Gasteiger partial charge is 0.224 e. The molecule has 200 valence electrons. The number of nitrogen functional groups attached to an aromatic ring is 1. The number of likely N-dealkylation sites (N-methyl/N-ethyl adjacent to an activating group) is 1. The molecule has 1 saturated heterocycles. The molecule has 3 heterocycles. The Kier molecular flexibility index (Phi) is 7.79. The molecule has 0 saturated carbocycles. The van der Waals surface area contributed by atoms with Crippen LogP contribution in [0.4, 0.5) is 11.5 Å². The molecule has 1 aliphatic rings. The van der Waals surface area contributed by atoms with Crippen LogP contribution >= 0.6 is 0 Å². The third-order valence-corrected chi connectivity index (χ3v) is 6.83. The van der Waals surface area contributed by atoms with E-state index >= 15 is 0 Å². The van der Waals surface area contributed by atoms with E-state index in [1.165, 1.54) is 22.8 Å². The Labute approximate surface area is 216 Å². The molecule has 0 aliphatic carbocycles. The fourth-order valence-corrected chi connectivity index (χ4v) is 4.55. The first-order chi connectivity index (χ1) is 17.5. The largest absolute Gasteiger partial charge is 0.385 e. The summed E-state index contributed by atoms with van der Waals surface area (Å²) in [6, 6.07) is 7.97. The number of aliphatic hydroxyl groups is 2. The second-order valence-electron chi connectivity index (χ2n) is 10.8. The summed E-state index contributed by atoms with van der Waals surface area (Å²) in [5, 5.41) is 25.1. The number of fused-ring (bicyclic) bond motifs is 1. The Hall–Kier alpha value is -3.12. The number of carbonyl (C=O) groups is 1. The number of unbranched alkanes of at least 4 members (excludes halogenated alkanes) is 1. The number of hydrogen-bond donors (Lipinski definition) is 4. The number of benzene rings is 1. The van der Waals surface area contributed by atoms with Crippen LogP contribution < -0.4 is 11.1 Å². The average molecular weight is 512 g/mol. The van der Waals surface area contributed by atoms with E-state index in [1.807, 2.05) is 36.2 Å². The summed E-state index contributed by atoms with van der Waals surface area (Å²) in [5.41, 5.74) is 6.90. The Balaban J connectivity index is 1.22. The number of ether oxygens (including phenoxy) is 1. The molecular formula is C26H37N7O4. The predicted molar refractivity (Wildman–Crippen MR) is 141 cm³/mol. The number of nitrogens with zero attached hydrogens (tertiary/aromatic N) is 5. The van der Waals surface area contributed by atoms with Gasteiger partial charge in [-0.1, -0.05) is 32.9 Å². The Morgan fingerprint density at radius 1 is 1.24 bits per heavy atom. The minimum atomic E-state index is -1.72. The van der Waals surface area contributed by atoms with Crippen LogP contribution in [-0.4, -0.2) is 79.5 Å². The molecule has 2 aromatic heterocycles. The highest BCUT2D eigenvalue weighted by Crippen LogP contribution is 2.32. The first-order valence-corrected chi connectivity index (χ1v) is 12.5. The maximum absolute atomic E-state index is 12.3. The maximum Gasteiger partial charge on any atom is 0.224 e. The number of hydrogen-bond acceptors (Lipinski definition) is 9. The summed E-state index contributed by atoms with van der Waals surface area (Å²) in [6.45, 7) is 7.50. The third kappa shape index (κ3) is 5.90. The highest BCUT2D eigenvalue weighted by atomic mass is 16.5. The number of amides is 1. The van der Waals surface area contributed by atoms with Gasteiger partial charge in [0.1, 0.15) is 24.1 Å². The zero-order valence-corrected chi connectivity index (χ0v) is 21.9. The quantitative estimate of drug-likeness (QED) is 0.315. The SMILES string of the molecule is CN(CCCCC(=O)Nc1ccc(C(C)(C)C)cc1)CC1OCC(O)(n2cnc3c(N)ncnc32)C1O. The molecule has 5 N–H and O–H groups in total. The molecule has 1 fully saturated rings. The van der Waals surface area contributed by atoms with Gasteiger partial charge in [-0.3, -0.25) is 9.36 Å². The van der Waals surface area contributed by atoms with Crippen molar-refractivity contribution in [2.75, 3.05) is 37.8 Å². The van der Waals surface area contributed by atoms with Crippen LogP contribution in [0.5, 0.6) is 0 Å². The maximum atomic E-state index is 12.3. The molecule has 0 spiro atoms. The molecule has 0 bridgehead atoms. The van der Waals surface area contributed by atoms with Crippen LogP contribution in [0.2, 0.25) is 0 Å². The predicted octanol–water partition coefficient (Wildman–Crippen LogP) is 1.85. The lowest BCUT2D eigenvalue weighted by atomic mass is 9.87. The van der Waals surface area contributed by atoms with Crippen molar-refractivity contribution in [3.63, 3.8) is 0 Å². The Bertz CT molecular complexity index is 1220. The fraction of sp³-hybridized carbons (Fsp3) is 0.538. The number of anilines is 2. The van der Waals surface area contributed by atoms with Gasteiger partial charge in [0.15, 0.2) is 17.2 Å². The second-order valence-corrected chi connectivity index (χ2v) is 10.8. The number of nitrogens with one attached hydrogen (secondary N) is 1. The summed E-state index contributed by atoms with van der Waals surface area (Å²) in [6.07, 6.45) is 2.84. The van der Waals surface area contributed by atoms with Gasteiger partial charge in [0, 0.05) is 18.7 Å². The third-order valence-electron chi connectivity index (χ3n) is 6.83. The summed E-state index contributed by atoms with van der Waals surface area (Å²) in [4.78, 5) is 26.6. The standard InChI is InChI=1S/C26H37N7O4/c1-25(2,3)17-8-10-18(11-9-17)31-20(34)7-5-6-12-32(4)13-19-22(35)26(36,14-37-19)33-16-30-21-23(27)28-15-29-24(21)33/h8-11,15-16,19,22,35-36H,5-7,12-14H2,1-4H3,(H,31,34)(H2,27,28,29). The van der Waals surface area contributed by atoms with Crippen molar-refractivity contribution in [2.45, 2.75) is 63.4 Å². The van der Waals surface area contributed by atoms with Gasteiger partial charge >= 0.3 is 0 Å². The Morgan fingerprint density at radius 3 is 2.68 bits per heavy atom. The average Bonchev–Trinajstić information content (AvgIpc) is 3.40. The minimum Gasteiger partial charge on any atom is -0.385 e. The van der Waals surface area contributed by atoms with Gasteiger partial charge in [-0.05, 0) is 49.5 Å². The van der Waals surface area contributed by atoms with E-state index in [0.717, 1.165) is 25.1 Å². The molecular weight excluding hydrogens is 474 g/mol. The van der Waals surface area contributed by atoms with Gasteiger partial charge < -0.3 is 30.9 Å². The van der Waals surface area contributed by atoms with Crippen molar-refractivity contribution < 1.29 is 19.7 Å². The molecule has 1 aliphatic heterocycles. The van der Waals surface area contributed by atoms with E-state index in [1.54, 1.807) is 0 Å². The van der Waals surface area contributed by atoms with Crippen molar-refractivity contribution in [2.24, 2.45) is 0 Å². The van der Waals surface area contributed by atoms with Gasteiger partial charge in [0.2, 0.25) is 5.91 Å². The zero-order valence-electron chi connectivity index (χ0n) is 21.9.